The molecule has 152 valence electrons. The zero-order valence-corrected chi connectivity index (χ0v) is 17.4. The third-order valence-electron chi connectivity index (χ3n) is 5.20. The number of imide groups is 1. The molecule has 2 atom stereocenters. The topological polar surface area (TPSA) is 66.5 Å². The minimum Gasteiger partial charge on any atom is -0.349 e. The van der Waals surface area contributed by atoms with Gasteiger partial charge in [-0.05, 0) is 35.4 Å². The van der Waals surface area contributed by atoms with Gasteiger partial charge in [0.25, 0.3) is 0 Å². The number of hydrogen-bond donors (Lipinski definition) is 1. The van der Waals surface area contributed by atoms with Crippen LogP contribution in [0, 0.1) is 0 Å². The van der Waals surface area contributed by atoms with Crippen molar-refractivity contribution in [2.24, 2.45) is 0 Å². The van der Waals surface area contributed by atoms with E-state index < -0.39 is 5.25 Å². The number of amides is 3. The van der Waals surface area contributed by atoms with Crippen molar-refractivity contribution < 1.29 is 14.4 Å². The van der Waals surface area contributed by atoms with Gasteiger partial charge in [0.05, 0.1) is 22.7 Å². The van der Waals surface area contributed by atoms with Gasteiger partial charge in [-0.25, -0.2) is 4.90 Å². The fourth-order valence-corrected chi connectivity index (χ4v) is 4.69. The zero-order chi connectivity index (χ0) is 21.1. The summed E-state index contributed by atoms with van der Waals surface area (Å²) in [5.74, 6) is -0.514. The van der Waals surface area contributed by atoms with Crippen molar-refractivity contribution in [1.82, 2.24) is 5.32 Å². The van der Waals surface area contributed by atoms with E-state index in [-0.39, 0.29) is 35.9 Å². The number of nitrogens with zero attached hydrogens (tertiary/aromatic N) is 1. The lowest BCUT2D eigenvalue weighted by molar-refractivity contribution is -0.121. The number of carbonyl (C=O) groups is 3. The molecule has 0 radical (unpaired) electrons. The van der Waals surface area contributed by atoms with Crippen LogP contribution < -0.4 is 10.2 Å². The van der Waals surface area contributed by atoms with Crippen molar-refractivity contribution in [1.29, 1.82) is 0 Å². The highest BCUT2D eigenvalue weighted by Gasteiger charge is 2.40. The molecule has 1 saturated heterocycles. The first-order valence-electron chi connectivity index (χ1n) is 9.85. The number of hydrogen-bond acceptors (Lipinski definition) is 4. The van der Waals surface area contributed by atoms with E-state index in [0.29, 0.717) is 5.69 Å². The van der Waals surface area contributed by atoms with Gasteiger partial charge in [-0.15, -0.1) is 11.8 Å². The maximum Gasteiger partial charge on any atom is 0.247 e. The van der Waals surface area contributed by atoms with Crippen molar-refractivity contribution >= 4 is 45.9 Å². The zero-order valence-electron chi connectivity index (χ0n) is 16.6. The molecule has 0 bridgehead atoms. The van der Waals surface area contributed by atoms with E-state index in [0.717, 1.165) is 16.3 Å². The molecule has 0 saturated carbocycles. The number of fused-ring (bicyclic) bond motifs is 1. The molecule has 0 unspecified atom stereocenters. The van der Waals surface area contributed by atoms with Crippen molar-refractivity contribution in [3.63, 3.8) is 0 Å². The van der Waals surface area contributed by atoms with Crippen LogP contribution in [0.1, 0.15) is 24.9 Å². The van der Waals surface area contributed by atoms with Crippen LogP contribution in [0.15, 0.2) is 72.8 Å². The maximum atomic E-state index is 12.7. The van der Waals surface area contributed by atoms with E-state index in [1.807, 2.05) is 55.5 Å². The summed E-state index contributed by atoms with van der Waals surface area (Å²) < 4.78 is 0. The molecule has 1 fully saturated rings. The van der Waals surface area contributed by atoms with Crippen LogP contribution in [0.3, 0.4) is 0 Å². The number of thioether (sulfide) groups is 1. The Bertz CT molecular complexity index is 1090. The van der Waals surface area contributed by atoms with Crippen LogP contribution in [-0.4, -0.2) is 28.7 Å². The van der Waals surface area contributed by atoms with Gasteiger partial charge in [0.1, 0.15) is 0 Å². The number of nitrogens with one attached hydrogen (secondary N) is 1. The Labute approximate surface area is 179 Å². The molecule has 1 aliphatic rings. The summed E-state index contributed by atoms with van der Waals surface area (Å²) in [7, 11) is 0. The third-order valence-corrected chi connectivity index (χ3v) is 6.40. The van der Waals surface area contributed by atoms with Gasteiger partial charge in [0, 0.05) is 6.42 Å². The highest BCUT2D eigenvalue weighted by Crippen LogP contribution is 2.30. The Kier molecular flexibility index (Phi) is 5.86. The number of benzene rings is 3. The highest BCUT2D eigenvalue weighted by molar-refractivity contribution is 8.01. The minimum atomic E-state index is -0.531. The smallest absolute Gasteiger partial charge is 0.247 e. The van der Waals surface area contributed by atoms with Crippen LogP contribution in [0.4, 0.5) is 5.69 Å². The molecule has 3 aromatic carbocycles. The van der Waals surface area contributed by atoms with E-state index in [9.17, 15) is 14.4 Å². The van der Waals surface area contributed by atoms with Crippen molar-refractivity contribution in [3.05, 3.63) is 78.4 Å². The summed E-state index contributed by atoms with van der Waals surface area (Å²) >= 11 is 1.22. The first kappa shape index (κ1) is 20.2. The Morgan fingerprint density at radius 3 is 2.53 bits per heavy atom. The molecule has 3 aromatic rings. The van der Waals surface area contributed by atoms with Crippen LogP contribution >= 0.6 is 11.8 Å². The number of anilines is 1. The summed E-state index contributed by atoms with van der Waals surface area (Å²) in [6.07, 6.45) is 0.116. The Hall–Kier alpha value is -3.12. The molecule has 0 aromatic heterocycles. The van der Waals surface area contributed by atoms with Crippen LogP contribution in [0.2, 0.25) is 0 Å². The van der Waals surface area contributed by atoms with Gasteiger partial charge in [-0.3, -0.25) is 14.4 Å². The predicted molar refractivity (Wildman–Crippen MR) is 120 cm³/mol. The maximum absolute atomic E-state index is 12.7. The van der Waals surface area contributed by atoms with E-state index in [4.69, 9.17) is 0 Å². The highest BCUT2D eigenvalue weighted by atomic mass is 32.2. The summed E-state index contributed by atoms with van der Waals surface area (Å²) in [5, 5.41) is 4.71. The molecule has 0 aliphatic carbocycles. The average molecular weight is 419 g/mol. The molecular weight excluding hydrogens is 396 g/mol. The largest absolute Gasteiger partial charge is 0.349 e. The van der Waals surface area contributed by atoms with Crippen LogP contribution in [0.25, 0.3) is 10.8 Å². The Balaban J connectivity index is 1.37. The van der Waals surface area contributed by atoms with Crippen molar-refractivity contribution in [3.8, 4) is 0 Å². The SMILES string of the molecule is C[C@@H](NC(=O)CS[C@H]1CC(=O)N(c2ccccc2)C1=O)c1cccc2ccccc12. The molecule has 3 amide bonds. The second-order valence-corrected chi connectivity index (χ2v) is 8.46. The first-order valence-corrected chi connectivity index (χ1v) is 10.9. The second kappa shape index (κ2) is 8.71. The molecule has 1 N–H and O–H groups in total. The Morgan fingerprint density at radius 2 is 1.73 bits per heavy atom. The average Bonchev–Trinajstić information content (AvgIpc) is 3.05. The van der Waals surface area contributed by atoms with Crippen molar-refractivity contribution in [2.75, 3.05) is 10.7 Å². The van der Waals surface area contributed by atoms with E-state index in [1.54, 1.807) is 24.3 Å². The predicted octanol–water partition coefficient (Wildman–Crippen LogP) is 4.08. The van der Waals surface area contributed by atoms with E-state index in [1.165, 1.54) is 16.7 Å². The molecule has 1 aliphatic heterocycles. The van der Waals surface area contributed by atoms with Gasteiger partial charge in [0.15, 0.2) is 0 Å². The molecule has 0 spiro atoms. The first-order chi connectivity index (χ1) is 14.5. The van der Waals surface area contributed by atoms with Crippen LogP contribution in [0.5, 0.6) is 0 Å². The lowest BCUT2D eigenvalue weighted by Gasteiger charge is -2.17. The van der Waals surface area contributed by atoms with Gasteiger partial charge in [-0.1, -0.05) is 60.7 Å². The normalized spacial score (nSPS) is 17.4. The Morgan fingerprint density at radius 1 is 1.03 bits per heavy atom. The van der Waals surface area contributed by atoms with Crippen LogP contribution in [-0.2, 0) is 14.4 Å². The summed E-state index contributed by atoms with van der Waals surface area (Å²) in [4.78, 5) is 38.7. The molecule has 4 rings (SSSR count). The lowest BCUT2D eigenvalue weighted by atomic mass is 10.00. The number of rotatable bonds is 6. The fraction of sp³-hybridized carbons (Fsp3) is 0.208. The van der Waals surface area contributed by atoms with Gasteiger partial charge in [0.2, 0.25) is 17.7 Å². The molecule has 1 heterocycles. The molecule has 30 heavy (non-hydrogen) atoms. The van der Waals surface area contributed by atoms with Crippen molar-refractivity contribution in [2.45, 2.75) is 24.6 Å². The lowest BCUT2D eigenvalue weighted by Crippen LogP contribution is -2.32. The van der Waals surface area contributed by atoms with Gasteiger partial charge in [-0.2, -0.15) is 0 Å². The second-order valence-electron chi connectivity index (χ2n) is 7.26. The van der Waals surface area contributed by atoms with E-state index >= 15 is 0 Å². The number of carbonyl (C=O) groups excluding carboxylic acids is 3. The quantitative estimate of drug-likeness (QED) is 0.613. The van der Waals surface area contributed by atoms with E-state index in [2.05, 4.69) is 5.32 Å². The fourth-order valence-electron chi connectivity index (χ4n) is 3.75. The molecule has 6 heteroatoms. The molecular formula is C24H22N2O3S. The summed E-state index contributed by atoms with van der Waals surface area (Å²) in [6, 6.07) is 22.8. The molecule has 5 nitrogen and oxygen atoms in total. The number of para-hydroxylation sites is 1. The summed E-state index contributed by atoms with van der Waals surface area (Å²) in [5.41, 5.74) is 1.62. The third kappa shape index (κ3) is 4.09. The summed E-state index contributed by atoms with van der Waals surface area (Å²) in [6.45, 7) is 1.95. The van der Waals surface area contributed by atoms with Gasteiger partial charge < -0.3 is 5.32 Å². The monoisotopic (exact) mass is 418 g/mol. The minimum absolute atomic E-state index is 0.116. The van der Waals surface area contributed by atoms with Gasteiger partial charge >= 0.3 is 0 Å². The standard InChI is InChI=1S/C24H22N2O3S/c1-16(19-13-7-9-17-8-5-6-12-20(17)19)25-22(27)15-30-21-14-23(28)26(24(21)29)18-10-3-2-4-11-18/h2-13,16,21H,14-15H2,1H3,(H,25,27)/t16-,21+/m1/s1.